The normalized spacial score (nSPS) is 10.9. The monoisotopic (exact) mass is 219 g/mol. The summed E-state index contributed by atoms with van der Waals surface area (Å²) in [6.45, 7) is 0. The van der Waals surface area contributed by atoms with Crippen molar-refractivity contribution in [2.24, 2.45) is 10.7 Å². The molecule has 0 saturated heterocycles. The van der Waals surface area contributed by atoms with Gasteiger partial charge in [-0.2, -0.15) is 0 Å². The Morgan fingerprint density at radius 1 is 1.70 bits per heavy atom. The first-order valence-corrected chi connectivity index (χ1v) is 4.19. The van der Waals surface area contributed by atoms with Crippen LogP contribution in [0.4, 0.5) is 10.7 Å². The Morgan fingerprint density at radius 2 is 2.40 bits per heavy atom. The fraction of sp³-hybridized carbons (Fsp3) is 0. The third-order valence-electron chi connectivity index (χ3n) is 0.953. The summed E-state index contributed by atoms with van der Waals surface area (Å²) in [7, 11) is 0. The Labute approximate surface area is 70.9 Å². The molecule has 0 saturated carbocycles. The lowest BCUT2D eigenvalue weighted by molar-refractivity contribution is 1.54. The molecule has 4 N–H and O–H groups in total. The maximum Gasteiger partial charge on any atom is 0.113 e. The van der Waals surface area contributed by atoms with E-state index < -0.39 is 0 Å². The molecule has 0 spiro atoms. The lowest BCUT2D eigenvalue weighted by atomic mass is 10.5. The summed E-state index contributed by atoms with van der Waals surface area (Å²) >= 11 is 4.71. The minimum Gasteiger partial charge on any atom is -0.390 e. The Morgan fingerprint density at radius 3 is 2.80 bits per heavy atom. The summed E-state index contributed by atoms with van der Waals surface area (Å²) in [5, 5.41) is 2.55. The maximum absolute atomic E-state index is 5.55. The Kier molecular flexibility index (Phi) is 2.29. The predicted octanol–water partition coefficient (Wildman–Crippen LogP) is 1.71. The van der Waals surface area contributed by atoms with Crippen LogP contribution in [0, 0.1) is 0 Å². The minimum absolute atomic E-state index is 0.675. The van der Waals surface area contributed by atoms with Crippen molar-refractivity contribution in [2.75, 3.05) is 5.73 Å². The number of nitrogens with two attached hydrogens (primary N) is 2. The van der Waals surface area contributed by atoms with Crippen LogP contribution in [-0.2, 0) is 0 Å². The highest BCUT2D eigenvalue weighted by atomic mass is 79.9. The molecule has 0 aliphatic rings. The van der Waals surface area contributed by atoms with Crippen LogP contribution in [0.2, 0.25) is 0 Å². The average Bonchev–Trinajstić information content (AvgIpc) is 2.20. The van der Waals surface area contributed by atoms with Crippen LogP contribution in [0.25, 0.3) is 0 Å². The summed E-state index contributed by atoms with van der Waals surface area (Å²) < 4.78 is 0.886. The zero-order valence-electron chi connectivity index (χ0n) is 5.04. The molecule has 0 bridgehead atoms. The molecular weight excluding hydrogens is 214 g/mol. The Hall–Kier alpha value is -0.550. The Bertz CT molecular complexity index is 236. The van der Waals surface area contributed by atoms with Gasteiger partial charge >= 0.3 is 0 Å². The molecule has 0 aliphatic carbocycles. The highest BCUT2D eigenvalue weighted by molar-refractivity contribution is 9.10. The minimum atomic E-state index is 0.675. The van der Waals surface area contributed by atoms with Crippen LogP contribution >= 0.6 is 27.3 Å². The molecule has 0 unspecified atom stereocenters. The van der Waals surface area contributed by atoms with Gasteiger partial charge in [0.2, 0.25) is 0 Å². The third-order valence-corrected chi connectivity index (χ3v) is 2.66. The maximum atomic E-state index is 5.55. The quantitative estimate of drug-likeness (QED) is 0.558. The van der Waals surface area contributed by atoms with Gasteiger partial charge in [-0.15, -0.1) is 11.3 Å². The zero-order valence-corrected chi connectivity index (χ0v) is 7.45. The molecule has 1 aromatic heterocycles. The van der Waals surface area contributed by atoms with Gasteiger partial charge in [0.15, 0.2) is 0 Å². The van der Waals surface area contributed by atoms with Crippen molar-refractivity contribution in [3.05, 3.63) is 9.85 Å². The topological polar surface area (TPSA) is 64.4 Å². The summed E-state index contributed by atoms with van der Waals surface area (Å²) in [6.07, 6.45) is 1.23. The van der Waals surface area contributed by atoms with Crippen molar-refractivity contribution in [2.45, 2.75) is 0 Å². The first-order valence-electron chi connectivity index (χ1n) is 2.52. The van der Waals surface area contributed by atoms with Crippen LogP contribution in [0.5, 0.6) is 0 Å². The van der Waals surface area contributed by atoms with Gasteiger partial charge in [-0.3, -0.25) is 0 Å². The molecule has 0 atom stereocenters. The molecule has 1 aromatic rings. The second-order valence-electron chi connectivity index (χ2n) is 1.57. The lowest BCUT2D eigenvalue weighted by Crippen LogP contribution is -1.87. The number of thiophene rings is 1. The van der Waals surface area contributed by atoms with Gasteiger partial charge < -0.3 is 11.5 Å². The van der Waals surface area contributed by atoms with Crippen LogP contribution in [0.1, 0.15) is 0 Å². The van der Waals surface area contributed by atoms with E-state index in [1.807, 2.05) is 5.38 Å². The number of aliphatic imine (C=N–C) groups is 1. The third kappa shape index (κ3) is 1.30. The number of hydrogen-bond acceptors (Lipinski definition) is 3. The smallest absolute Gasteiger partial charge is 0.113 e. The van der Waals surface area contributed by atoms with Crippen LogP contribution in [-0.4, -0.2) is 6.34 Å². The van der Waals surface area contributed by atoms with Gasteiger partial charge in [0.05, 0.1) is 10.8 Å². The molecule has 1 heterocycles. The van der Waals surface area contributed by atoms with Crippen molar-refractivity contribution in [1.29, 1.82) is 0 Å². The van der Waals surface area contributed by atoms with Crippen LogP contribution in [0.15, 0.2) is 14.8 Å². The highest BCUT2D eigenvalue weighted by Crippen LogP contribution is 2.36. The highest BCUT2D eigenvalue weighted by Gasteiger charge is 2.03. The van der Waals surface area contributed by atoms with Crippen molar-refractivity contribution >= 4 is 44.3 Å². The number of hydrogen-bond donors (Lipinski definition) is 2. The van der Waals surface area contributed by atoms with Gasteiger partial charge in [-0.05, 0) is 15.9 Å². The van der Waals surface area contributed by atoms with Crippen molar-refractivity contribution in [3.8, 4) is 0 Å². The molecule has 0 amide bonds. The largest absolute Gasteiger partial charge is 0.390 e. The van der Waals surface area contributed by atoms with Gasteiger partial charge in [0.25, 0.3) is 0 Å². The van der Waals surface area contributed by atoms with Crippen LogP contribution in [0.3, 0.4) is 0 Å². The van der Waals surface area contributed by atoms with E-state index in [0.29, 0.717) is 10.7 Å². The molecule has 5 heteroatoms. The molecule has 0 fully saturated rings. The molecule has 1 rings (SSSR count). The van der Waals surface area contributed by atoms with E-state index >= 15 is 0 Å². The van der Waals surface area contributed by atoms with Crippen molar-refractivity contribution in [3.63, 3.8) is 0 Å². The van der Waals surface area contributed by atoms with E-state index in [2.05, 4.69) is 20.9 Å². The fourth-order valence-electron chi connectivity index (χ4n) is 0.544. The van der Waals surface area contributed by atoms with Gasteiger partial charge in [-0.1, -0.05) is 0 Å². The van der Waals surface area contributed by atoms with E-state index in [9.17, 15) is 0 Å². The fourth-order valence-corrected chi connectivity index (χ4v) is 1.89. The summed E-state index contributed by atoms with van der Waals surface area (Å²) in [6, 6.07) is 0. The Balaban J connectivity index is 3.10. The van der Waals surface area contributed by atoms with E-state index in [0.717, 1.165) is 4.47 Å². The first kappa shape index (κ1) is 7.56. The van der Waals surface area contributed by atoms with Crippen molar-refractivity contribution < 1.29 is 0 Å². The van der Waals surface area contributed by atoms with E-state index in [1.165, 1.54) is 17.7 Å². The van der Waals surface area contributed by atoms with Crippen LogP contribution < -0.4 is 11.5 Å². The van der Waals surface area contributed by atoms with Gasteiger partial charge in [0, 0.05) is 5.38 Å². The molecule has 54 valence electrons. The number of nitrogens with zero attached hydrogens (tertiary/aromatic N) is 1. The second kappa shape index (κ2) is 3.03. The van der Waals surface area contributed by atoms with E-state index in [1.54, 1.807) is 0 Å². The molecule has 3 nitrogen and oxygen atoms in total. The molecule has 0 aromatic carbocycles. The standard InChI is InChI=1S/C5H6BrN3S/c6-3-1-10-5(8)4(3)9-2-7/h1-2H,8H2,(H2,7,9). The summed E-state index contributed by atoms with van der Waals surface area (Å²) in [4.78, 5) is 3.86. The number of nitrogen functional groups attached to an aromatic ring is 1. The second-order valence-corrected chi connectivity index (χ2v) is 3.34. The van der Waals surface area contributed by atoms with E-state index in [4.69, 9.17) is 11.5 Å². The molecular formula is C5H6BrN3S. The zero-order chi connectivity index (χ0) is 7.56. The van der Waals surface area contributed by atoms with Crippen molar-refractivity contribution in [1.82, 2.24) is 0 Å². The van der Waals surface area contributed by atoms with E-state index in [-0.39, 0.29) is 0 Å². The molecule has 0 radical (unpaired) electrons. The summed E-state index contributed by atoms with van der Waals surface area (Å²) in [5.41, 5.74) is 11.4. The number of halogens is 1. The number of anilines is 1. The molecule has 0 aliphatic heterocycles. The average molecular weight is 220 g/mol. The van der Waals surface area contributed by atoms with Gasteiger partial charge in [-0.25, -0.2) is 4.99 Å². The lowest BCUT2D eigenvalue weighted by Gasteiger charge is -1.88. The molecule has 10 heavy (non-hydrogen) atoms. The predicted molar refractivity (Wildman–Crippen MR) is 48.8 cm³/mol. The van der Waals surface area contributed by atoms with Gasteiger partial charge in [0.1, 0.15) is 10.7 Å². The SMILES string of the molecule is NC=Nc1c(Br)csc1N. The number of rotatable bonds is 1. The summed E-state index contributed by atoms with van der Waals surface area (Å²) in [5.74, 6) is 0. The first-order chi connectivity index (χ1) is 4.75.